The van der Waals surface area contributed by atoms with E-state index in [-0.39, 0.29) is 5.91 Å². The van der Waals surface area contributed by atoms with Crippen molar-refractivity contribution in [3.63, 3.8) is 0 Å². The zero-order valence-corrected chi connectivity index (χ0v) is 23.2. The van der Waals surface area contributed by atoms with E-state index < -0.39 is 17.6 Å². The minimum atomic E-state index is -2.50. The number of unbranched alkanes of at least 4 members (excludes halogenated alkanes) is 2. The quantitative estimate of drug-likeness (QED) is 0.192. The van der Waals surface area contributed by atoms with Gasteiger partial charge in [0, 0.05) is 74.8 Å². The Labute approximate surface area is 192 Å². The fraction of sp³-hybridized carbons (Fsp3) is 0.952. The highest BCUT2D eigenvalue weighted by molar-refractivity contribution is 6.60. The average molecular weight is 482 g/mol. The number of carbonyl (C=O) groups excluding carboxylic acids is 1. The molecule has 0 unspecified atom stereocenters. The van der Waals surface area contributed by atoms with E-state index in [1.54, 1.807) is 49.6 Å². The molecule has 186 valence electrons. The second kappa shape index (κ2) is 17.2. The molecule has 0 radical (unpaired) electrons. The third-order valence-corrected chi connectivity index (χ3v) is 11.9. The molecule has 10 heteroatoms. The summed E-state index contributed by atoms with van der Waals surface area (Å²) in [5.41, 5.74) is 0. The molecule has 0 N–H and O–H groups in total. The van der Waals surface area contributed by atoms with E-state index in [9.17, 15) is 4.79 Å². The molecule has 0 aliphatic carbocycles. The summed E-state index contributed by atoms with van der Waals surface area (Å²) in [5.74, 6) is 0.717. The summed E-state index contributed by atoms with van der Waals surface area (Å²) in [6.07, 6.45) is 7.47. The van der Waals surface area contributed by atoms with Crippen LogP contribution in [0.25, 0.3) is 0 Å². The second-order valence-electron chi connectivity index (χ2n) is 7.84. The van der Waals surface area contributed by atoms with Crippen molar-refractivity contribution < 1.29 is 31.4 Å². The number of hydrogen-bond acceptors (Lipinski definition) is 7. The molecule has 0 heterocycles. The lowest BCUT2D eigenvalue weighted by Crippen LogP contribution is -2.42. The number of carbonyl (C=O) groups is 1. The SMILES string of the molecule is CCN(CCC(CCCC[Si](OC)(OC)OC)CCCC[Si](OC)(OC)OC)C(C)=O. The van der Waals surface area contributed by atoms with Crippen LogP contribution in [0.3, 0.4) is 0 Å². The van der Waals surface area contributed by atoms with Crippen molar-refractivity contribution in [1.29, 1.82) is 0 Å². The smallest absolute Gasteiger partial charge is 0.377 e. The molecule has 0 saturated carbocycles. The van der Waals surface area contributed by atoms with Crippen LogP contribution in [0, 0.1) is 5.92 Å². The predicted molar refractivity (Wildman–Crippen MR) is 127 cm³/mol. The van der Waals surface area contributed by atoms with Crippen LogP contribution < -0.4 is 0 Å². The lowest BCUT2D eigenvalue weighted by molar-refractivity contribution is -0.128. The average Bonchev–Trinajstić information content (AvgIpc) is 2.79. The Morgan fingerprint density at radius 3 is 1.39 bits per heavy atom. The van der Waals surface area contributed by atoms with Crippen LogP contribution in [-0.2, 0) is 31.4 Å². The molecule has 0 rings (SSSR count). The summed E-state index contributed by atoms with van der Waals surface area (Å²) in [6.45, 7) is 5.25. The van der Waals surface area contributed by atoms with E-state index >= 15 is 0 Å². The van der Waals surface area contributed by atoms with E-state index in [1.165, 1.54) is 0 Å². The summed E-state index contributed by atoms with van der Waals surface area (Å²) in [7, 11) is 4.95. The van der Waals surface area contributed by atoms with Gasteiger partial charge in [-0.2, -0.15) is 0 Å². The Balaban J connectivity index is 4.69. The van der Waals surface area contributed by atoms with E-state index in [0.717, 1.165) is 70.1 Å². The maximum Gasteiger partial charge on any atom is 0.500 e. The van der Waals surface area contributed by atoms with Crippen LogP contribution in [0.15, 0.2) is 0 Å². The van der Waals surface area contributed by atoms with Gasteiger partial charge in [-0.15, -0.1) is 0 Å². The number of amides is 1. The van der Waals surface area contributed by atoms with Crippen molar-refractivity contribution in [3.05, 3.63) is 0 Å². The third-order valence-electron chi connectivity index (χ3n) is 6.19. The molecular weight excluding hydrogens is 434 g/mol. The van der Waals surface area contributed by atoms with Gasteiger partial charge in [-0.25, -0.2) is 0 Å². The van der Waals surface area contributed by atoms with Crippen LogP contribution in [0.1, 0.15) is 58.8 Å². The van der Waals surface area contributed by atoms with Gasteiger partial charge in [-0.05, 0) is 32.1 Å². The first-order valence-corrected chi connectivity index (χ1v) is 15.2. The highest BCUT2D eigenvalue weighted by Crippen LogP contribution is 2.25. The highest BCUT2D eigenvalue weighted by atomic mass is 28.4. The zero-order chi connectivity index (χ0) is 23.8. The Hall–Kier alpha value is -0.336. The Kier molecular flexibility index (Phi) is 17.0. The minimum Gasteiger partial charge on any atom is -0.377 e. The molecule has 0 saturated heterocycles. The highest BCUT2D eigenvalue weighted by Gasteiger charge is 2.37. The molecule has 0 aromatic heterocycles. The molecular formula is C21H47NO7Si2. The van der Waals surface area contributed by atoms with Crippen molar-refractivity contribution in [2.24, 2.45) is 5.92 Å². The molecule has 0 bridgehead atoms. The van der Waals surface area contributed by atoms with E-state index in [0.29, 0.717) is 5.92 Å². The Morgan fingerprint density at radius 2 is 1.10 bits per heavy atom. The molecule has 0 aromatic rings. The standard InChI is InChI=1S/C21H47NO7Si2/c1-9-22(20(2)23)17-16-21(14-10-12-18-30(24-3,25-4)26-5)15-11-13-19-31(27-6,28-7)29-8/h21H,9-19H2,1-8H3. The predicted octanol–water partition coefficient (Wildman–Crippen LogP) is 3.96. The molecule has 8 nitrogen and oxygen atoms in total. The van der Waals surface area contributed by atoms with Gasteiger partial charge >= 0.3 is 17.6 Å². The topological polar surface area (TPSA) is 75.7 Å². The first-order chi connectivity index (χ1) is 14.8. The van der Waals surface area contributed by atoms with Gasteiger partial charge in [-0.1, -0.05) is 25.7 Å². The fourth-order valence-electron chi connectivity index (χ4n) is 3.97. The molecule has 0 fully saturated rings. The summed E-state index contributed by atoms with van der Waals surface area (Å²) in [6, 6.07) is 1.64. The van der Waals surface area contributed by atoms with E-state index in [2.05, 4.69) is 0 Å². The van der Waals surface area contributed by atoms with Crippen molar-refractivity contribution in [1.82, 2.24) is 4.90 Å². The molecule has 1 amide bonds. The van der Waals surface area contributed by atoms with E-state index in [1.807, 2.05) is 11.8 Å². The molecule has 0 spiro atoms. The number of nitrogens with zero attached hydrogens (tertiary/aromatic N) is 1. The van der Waals surface area contributed by atoms with Crippen molar-refractivity contribution in [2.75, 3.05) is 55.7 Å². The maximum atomic E-state index is 11.8. The van der Waals surface area contributed by atoms with Gasteiger partial charge in [-0.3, -0.25) is 4.79 Å². The second-order valence-corrected chi connectivity index (χ2v) is 14.0. The molecule has 0 aliphatic rings. The summed E-state index contributed by atoms with van der Waals surface area (Å²) >= 11 is 0. The van der Waals surface area contributed by atoms with Crippen molar-refractivity contribution in [2.45, 2.75) is 70.9 Å². The lowest BCUT2D eigenvalue weighted by atomic mass is 9.92. The van der Waals surface area contributed by atoms with Crippen LogP contribution in [-0.4, -0.2) is 84.2 Å². The van der Waals surface area contributed by atoms with Gasteiger partial charge in [0.1, 0.15) is 0 Å². The molecule has 31 heavy (non-hydrogen) atoms. The molecule has 0 aliphatic heterocycles. The van der Waals surface area contributed by atoms with E-state index in [4.69, 9.17) is 26.6 Å². The maximum absolute atomic E-state index is 11.8. The van der Waals surface area contributed by atoms with Crippen LogP contribution in [0.4, 0.5) is 0 Å². The molecule has 0 atom stereocenters. The normalized spacial score (nSPS) is 12.5. The minimum absolute atomic E-state index is 0.147. The van der Waals surface area contributed by atoms with Gasteiger partial charge in [0.05, 0.1) is 0 Å². The van der Waals surface area contributed by atoms with Crippen molar-refractivity contribution >= 4 is 23.5 Å². The summed E-state index contributed by atoms with van der Waals surface area (Å²) in [4.78, 5) is 13.7. The van der Waals surface area contributed by atoms with Gasteiger partial charge in [0.2, 0.25) is 5.91 Å². The number of rotatable bonds is 20. The fourth-order valence-corrected chi connectivity index (χ4v) is 7.56. The van der Waals surface area contributed by atoms with Crippen molar-refractivity contribution in [3.8, 4) is 0 Å². The first-order valence-electron chi connectivity index (χ1n) is 11.4. The summed E-state index contributed by atoms with van der Waals surface area (Å²) < 4.78 is 33.1. The van der Waals surface area contributed by atoms with Crippen LogP contribution >= 0.6 is 0 Å². The van der Waals surface area contributed by atoms with Crippen LogP contribution in [0.5, 0.6) is 0 Å². The summed E-state index contributed by atoms with van der Waals surface area (Å²) in [5, 5.41) is 0. The van der Waals surface area contributed by atoms with Gasteiger partial charge < -0.3 is 31.5 Å². The largest absolute Gasteiger partial charge is 0.500 e. The Morgan fingerprint density at radius 1 is 0.710 bits per heavy atom. The lowest BCUT2D eigenvalue weighted by Gasteiger charge is -2.26. The monoisotopic (exact) mass is 481 g/mol. The number of hydrogen-bond donors (Lipinski definition) is 0. The Bertz CT molecular complexity index is 418. The molecule has 0 aromatic carbocycles. The van der Waals surface area contributed by atoms with Gasteiger partial charge in [0.25, 0.3) is 0 Å². The van der Waals surface area contributed by atoms with Crippen LogP contribution in [0.2, 0.25) is 12.1 Å². The first kappa shape index (κ1) is 30.7. The third kappa shape index (κ3) is 11.4. The zero-order valence-electron chi connectivity index (χ0n) is 21.2. The van der Waals surface area contributed by atoms with Gasteiger partial charge in [0.15, 0.2) is 0 Å².